The fraction of sp³-hybridized carbons (Fsp3) is 0.565. The van der Waals surface area contributed by atoms with Crippen LogP contribution >= 0.6 is 11.8 Å². The molecule has 3 atom stereocenters. The summed E-state index contributed by atoms with van der Waals surface area (Å²) in [4.78, 5) is 32.5. The lowest BCUT2D eigenvalue weighted by Gasteiger charge is -2.39. The summed E-state index contributed by atoms with van der Waals surface area (Å²) in [7, 11) is 1.60. The van der Waals surface area contributed by atoms with E-state index in [0.717, 1.165) is 24.9 Å². The first-order chi connectivity index (χ1) is 16.0. The summed E-state index contributed by atoms with van der Waals surface area (Å²) in [6, 6.07) is 5.49. The molecule has 0 bridgehead atoms. The lowest BCUT2D eigenvalue weighted by molar-refractivity contribution is -0.150. The zero-order valence-corrected chi connectivity index (χ0v) is 20.3. The summed E-state index contributed by atoms with van der Waals surface area (Å²) in [6.45, 7) is 7.69. The van der Waals surface area contributed by atoms with Crippen molar-refractivity contribution in [2.24, 2.45) is 5.92 Å². The highest BCUT2D eigenvalue weighted by molar-refractivity contribution is 8.00. The summed E-state index contributed by atoms with van der Waals surface area (Å²) in [5.41, 5.74) is 0.924. The van der Waals surface area contributed by atoms with Crippen molar-refractivity contribution >= 4 is 23.6 Å². The summed E-state index contributed by atoms with van der Waals surface area (Å²) in [6.07, 6.45) is 1.63. The second kappa shape index (κ2) is 10.1. The van der Waals surface area contributed by atoms with Crippen molar-refractivity contribution in [1.82, 2.24) is 19.7 Å². The third-order valence-electron chi connectivity index (χ3n) is 5.95. The Morgan fingerprint density at radius 3 is 2.79 bits per heavy atom. The van der Waals surface area contributed by atoms with E-state index in [0.29, 0.717) is 42.2 Å². The average molecular weight is 475 g/mol. The molecule has 0 N–H and O–H groups in total. The molecular formula is C23H30N4O5S. The average Bonchev–Trinajstić information content (AvgIpc) is 3.32. The van der Waals surface area contributed by atoms with Gasteiger partial charge in [0.05, 0.1) is 32.3 Å². The molecule has 4 rings (SSSR count). The molecule has 3 heterocycles. The van der Waals surface area contributed by atoms with Gasteiger partial charge in [-0.1, -0.05) is 17.8 Å². The van der Waals surface area contributed by atoms with Gasteiger partial charge in [0.25, 0.3) is 5.91 Å². The Balaban J connectivity index is 1.69. The molecule has 0 spiro atoms. The third-order valence-corrected chi connectivity index (χ3v) is 7.14. The van der Waals surface area contributed by atoms with E-state index in [1.165, 1.54) is 16.4 Å². The molecule has 3 unspecified atom stereocenters. The van der Waals surface area contributed by atoms with Crippen molar-refractivity contribution in [2.75, 3.05) is 33.4 Å². The normalized spacial score (nSPS) is 21.5. The Kier molecular flexibility index (Phi) is 7.23. The van der Waals surface area contributed by atoms with Gasteiger partial charge >= 0.3 is 5.97 Å². The Labute approximate surface area is 197 Å². The molecule has 2 aliphatic rings. The monoisotopic (exact) mass is 474 g/mol. The Bertz CT molecular complexity index is 1030. The van der Waals surface area contributed by atoms with E-state index < -0.39 is 5.25 Å². The zero-order chi connectivity index (χ0) is 23.5. The van der Waals surface area contributed by atoms with Gasteiger partial charge in [0, 0.05) is 6.54 Å². The van der Waals surface area contributed by atoms with Crippen LogP contribution in [0.2, 0.25) is 0 Å². The number of ether oxygens (including phenoxy) is 3. The molecule has 1 fully saturated rings. The summed E-state index contributed by atoms with van der Waals surface area (Å²) in [5, 5.41) is 4.44. The molecule has 33 heavy (non-hydrogen) atoms. The topological polar surface area (TPSA) is 95.8 Å². The molecule has 1 saturated heterocycles. The van der Waals surface area contributed by atoms with Crippen LogP contribution in [-0.4, -0.2) is 70.2 Å². The Morgan fingerprint density at radius 1 is 1.27 bits per heavy atom. The van der Waals surface area contributed by atoms with Crippen molar-refractivity contribution in [3.8, 4) is 11.5 Å². The minimum absolute atomic E-state index is 0.105. The first-order valence-electron chi connectivity index (χ1n) is 11.3. The minimum atomic E-state index is -0.441. The van der Waals surface area contributed by atoms with Gasteiger partial charge in [-0.3, -0.25) is 14.5 Å². The summed E-state index contributed by atoms with van der Waals surface area (Å²) < 4.78 is 18.0. The molecule has 0 saturated carbocycles. The van der Waals surface area contributed by atoms with Crippen LogP contribution in [0.15, 0.2) is 23.4 Å². The van der Waals surface area contributed by atoms with Gasteiger partial charge in [0.2, 0.25) is 0 Å². The van der Waals surface area contributed by atoms with E-state index in [2.05, 4.69) is 15.0 Å². The number of thioether (sulfide) groups is 1. The maximum absolute atomic E-state index is 13.4. The van der Waals surface area contributed by atoms with Gasteiger partial charge in [-0.05, 0) is 57.9 Å². The van der Waals surface area contributed by atoms with Crippen LogP contribution in [-0.2, 0) is 9.53 Å². The number of nitrogens with zero attached hydrogens (tertiary/aromatic N) is 4. The van der Waals surface area contributed by atoms with E-state index >= 15 is 0 Å². The second-order valence-electron chi connectivity index (χ2n) is 8.10. The fourth-order valence-electron chi connectivity index (χ4n) is 4.53. The van der Waals surface area contributed by atoms with Crippen LogP contribution in [0, 0.1) is 12.8 Å². The number of aromatic nitrogens is 3. The number of likely N-dealkylation sites (tertiary alicyclic amines) is 1. The summed E-state index contributed by atoms with van der Waals surface area (Å²) in [5.74, 6) is 1.34. The van der Waals surface area contributed by atoms with Gasteiger partial charge in [0.1, 0.15) is 11.1 Å². The largest absolute Gasteiger partial charge is 0.493 e. The number of piperidine rings is 1. The molecule has 9 nitrogen and oxygen atoms in total. The highest BCUT2D eigenvalue weighted by Gasteiger charge is 2.44. The van der Waals surface area contributed by atoms with Crippen LogP contribution in [0.25, 0.3) is 0 Å². The first kappa shape index (κ1) is 23.6. The van der Waals surface area contributed by atoms with Crippen LogP contribution in [0.3, 0.4) is 0 Å². The SMILES string of the molecule is CCOC(=O)C1CCCN(C(c2ccc(OCC)c(OC)c2)C2Sc3nc(C)nn3C2=O)C1. The van der Waals surface area contributed by atoms with Crippen molar-refractivity contribution in [2.45, 2.75) is 50.1 Å². The van der Waals surface area contributed by atoms with Crippen molar-refractivity contribution in [3.63, 3.8) is 0 Å². The third kappa shape index (κ3) is 4.72. The number of rotatable bonds is 8. The molecule has 10 heteroatoms. The van der Waals surface area contributed by atoms with Crippen LogP contribution in [0.5, 0.6) is 11.5 Å². The number of esters is 1. The number of aryl methyl sites for hydroxylation is 1. The van der Waals surface area contributed by atoms with E-state index in [1.54, 1.807) is 14.0 Å². The van der Waals surface area contributed by atoms with Crippen molar-refractivity contribution in [3.05, 3.63) is 29.6 Å². The highest BCUT2D eigenvalue weighted by atomic mass is 32.2. The molecule has 1 aromatic heterocycles. The molecule has 2 aliphatic heterocycles. The molecule has 0 amide bonds. The quantitative estimate of drug-likeness (QED) is 0.535. The number of hydrogen-bond donors (Lipinski definition) is 0. The lowest BCUT2D eigenvalue weighted by atomic mass is 9.93. The molecule has 1 aromatic carbocycles. The van der Waals surface area contributed by atoms with Gasteiger partial charge < -0.3 is 14.2 Å². The van der Waals surface area contributed by atoms with Crippen molar-refractivity contribution < 1.29 is 23.8 Å². The highest BCUT2D eigenvalue weighted by Crippen LogP contribution is 2.44. The van der Waals surface area contributed by atoms with E-state index in [-0.39, 0.29) is 23.8 Å². The lowest BCUT2D eigenvalue weighted by Crippen LogP contribution is -2.46. The van der Waals surface area contributed by atoms with E-state index in [9.17, 15) is 9.59 Å². The number of hydrogen-bond acceptors (Lipinski definition) is 9. The minimum Gasteiger partial charge on any atom is -0.493 e. The standard InChI is InChI=1S/C23H30N4O5S/c1-5-31-17-10-9-15(12-18(17)30-4)19(20-21(28)27-23(33-20)24-14(3)25-27)26-11-7-8-16(13-26)22(29)32-6-2/h9-10,12,16,19-20H,5-8,11,13H2,1-4H3. The van der Waals surface area contributed by atoms with Crippen LogP contribution in [0.1, 0.15) is 48.9 Å². The Hall–Kier alpha value is -2.59. The van der Waals surface area contributed by atoms with Gasteiger partial charge in [0.15, 0.2) is 16.7 Å². The van der Waals surface area contributed by atoms with Gasteiger partial charge in [-0.25, -0.2) is 4.98 Å². The summed E-state index contributed by atoms with van der Waals surface area (Å²) >= 11 is 1.42. The van der Waals surface area contributed by atoms with Gasteiger partial charge in [-0.2, -0.15) is 4.68 Å². The number of carbonyl (C=O) groups excluding carboxylic acids is 2. The number of fused-ring (bicyclic) bond motifs is 1. The smallest absolute Gasteiger partial charge is 0.310 e. The molecular weight excluding hydrogens is 444 g/mol. The maximum atomic E-state index is 13.4. The first-order valence-corrected chi connectivity index (χ1v) is 12.2. The molecule has 2 aromatic rings. The number of methoxy groups -OCH3 is 1. The van der Waals surface area contributed by atoms with Crippen LogP contribution in [0.4, 0.5) is 0 Å². The molecule has 0 aliphatic carbocycles. The number of benzene rings is 1. The maximum Gasteiger partial charge on any atom is 0.310 e. The molecule has 178 valence electrons. The van der Waals surface area contributed by atoms with Crippen molar-refractivity contribution in [1.29, 1.82) is 0 Å². The van der Waals surface area contributed by atoms with E-state index in [1.807, 2.05) is 32.0 Å². The van der Waals surface area contributed by atoms with Gasteiger partial charge in [-0.15, -0.1) is 5.10 Å². The number of carbonyl (C=O) groups is 2. The molecule has 0 radical (unpaired) electrons. The zero-order valence-electron chi connectivity index (χ0n) is 19.4. The fourth-order valence-corrected chi connectivity index (χ4v) is 5.83. The Morgan fingerprint density at radius 2 is 2.09 bits per heavy atom. The predicted molar refractivity (Wildman–Crippen MR) is 123 cm³/mol. The predicted octanol–water partition coefficient (Wildman–Crippen LogP) is 3.12. The second-order valence-corrected chi connectivity index (χ2v) is 9.21. The van der Waals surface area contributed by atoms with Crippen LogP contribution < -0.4 is 9.47 Å². The van der Waals surface area contributed by atoms with E-state index in [4.69, 9.17) is 14.2 Å².